The van der Waals surface area contributed by atoms with E-state index in [1.54, 1.807) is 20.8 Å². The lowest BCUT2D eigenvalue weighted by Gasteiger charge is -2.29. The van der Waals surface area contributed by atoms with E-state index in [1.807, 2.05) is 13.8 Å². The Morgan fingerprint density at radius 3 is 2.37 bits per heavy atom. The number of hydrogen-bond acceptors (Lipinski definition) is 6. The van der Waals surface area contributed by atoms with Gasteiger partial charge in [-0.15, -0.1) is 0 Å². The Kier molecular flexibility index (Phi) is 8.05. The molecule has 0 unspecified atom stereocenters. The molecule has 154 valence electrons. The minimum Gasteiger partial charge on any atom is -0.548 e. The van der Waals surface area contributed by atoms with Gasteiger partial charge in [0.15, 0.2) is 0 Å². The molecule has 0 aromatic heterocycles. The molecule has 0 saturated carbocycles. The van der Waals surface area contributed by atoms with Crippen LogP contribution >= 0.6 is 0 Å². The molecule has 0 aromatic carbocycles. The van der Waals surface area contributed by atoms with Gasteiger partial charge in [0.05, 0.1) is 12.5 Å². The molecule has 27 heavy (non-hydrogen) atoms. The molecule has 0 aliphatic carbocycles. The molecule has 2 N–H and O–H groups in total. The van der Waals surface area contributed by atoms with Crippen molar-refractivity contribution < 1.29 is 29.0 Å². The number of rotatable bonds is 7. The van der Waals surface area contributed by atoms with Crippen LogP contribution in [0.25, 0.3) is 0 Å². The van der Waals surface area contributed by atoms with Crippen molar-refractivity contribution in [3.05, 3.63) is 0 Å². The van der Waals surface area contributed by atoms with Gasteiger partial charge in [-0.1, -0.05) is 13.8 Å². The number of carbonyl (C=O) groups is 4. The topological polar surface area (TPSA) is 128 Å². The number of ether oxygens (including phenoxy) is 1. The van der Waals surface area contributed by atoms with Gasteiger partial charge in [0, 0.05) is 6.54 Å². The summed E-state index contributed by atoms with van der Waals surface area (Å²) in [5.74, 6) is -2.37. The number of aliphatic carboxylic acids is 1. The maximum Gasteiger partial charge on any atom is 0.410 e. The molecule has 1 heterocycles. The van der Waals surface area contributed by atoms with E-state index in [2.05, 4.69) is 10.6 Å². The van der Waals surface area contributed by atoms with Crippen LogP contribution in [0, 0.1) is 5.92 Å². The van der Waals surface area contributed by atoms with E-state index < -0.39 is 48.1 Å². The number of amides is 3. The Morgan fingerprint density at radius 1 is 1.22 bits per heavy atom. The van der Waals surface area contributed by atoms with Crippen molar-refractivity contribution in [1.82, 2.24) is 15.5 Å². The van der Waals surface area contributed by atoms with Gasteiger partial charge >= 0.3 is 6.09 Å². The number of nitrogens with zero attached hydrogens (tertiary/aromatic N) is 1. The molecule has 0 aromatic rings. The summed E-state index contributed by atoms with van der Waals surface area (Å²) in [5.41, 5.74) is -0.675. The molecular weight excluding hydrogens is 354 g/mol. The number of carboxylic acid groups (broad SMARTS) is 1. The highest BCUT2D eigenvalue weighted by atomic mass is 16.6. The summed E-state index contributed by atoms with van der Waals surface area (Å²) in [4.78, 5) is 49.1. The van der Waals surface area contributed by atoms with E-state index in [0.717, 1.165) is 0 Å². The van der Waals surface area contributed by atoms with E-state index in [0.29, 0.717) is 25.8 Å². The second kappa shape index (κ2) is 9.57. The summed E-state index contributed by atoms with van der Waals surface area (Å²) in [6.07, 6.45) is 0.898. The Hall–Kier alpha value is -2.32. The van der Waals surface area contributed by atoms with Crippen LogP contribution < -0.4 is 15.7 Å². The molecule has 9 nitrogen and oxygen atoms in total. The molecule has 2 atom stereocenters. The van der Waals surface area contributed by atoms with Crippen molar-refractivity contribution in [2.75, 3.05) is 13.1 Å². The lowest BCUT2D eigenvalue weighted by Crippen LogP contribution is -2.54. The molecule has 1 rings (SSSR count). The average Bonchev–Trinajstić information content (AvgIpc) is 2.99. The fraction of sp³-hybridized carbons (Fsp3) is 0.778. The molecule has 0 bridgehead atoms. The summed E-state index contributed by atoms with van der Waals surface area (Å²) in [5, 5.41) is 15.4. The third-order valence-corrected chi connectivity index (χ3v) is 3.93. The summed E-state index contributed by atoms with van der Waals surface area (Å²) < 4.78 is 5.34. The normalized spacial score (nSPS) is 18.1. The molecular formula is C18H30N3O6-. The molecule has 1 fully saturated rings. The largest absolute Gasteiger partial charge is 0.548 e. The Morgan fingerprint density at radius 2 is 1.85 bits per heavy atom. The molecule has 9 heteroatoms. The van der Waals surface area contributed by atoms with E-state index in [4.69, 9.17) is 4.74 Å². The summed E-state index contributed by atoms with van der Waals surface area (Å²) in [6, 6.07) is -1.61. The number of nitrogens with one attached hydrogen (secondary N) is 2. The summed E-state index contributed by atoms with van der Waals surface area (Å²) in [7, 11) is 0. The predicted octanol–water partition coefficient (Wildman–Crippen LogP) is -0.217. The van der Waals surface area contributed by atoms with Gasteiger partial charge in [0.1, 0.15) is 17.7 Å². The standard InChI is InChI=1S/C18H31N3O6/c1-11(2)9-12(15(24)19-10-14(22)23)20-16(25)13-7-6-8-21(13)17(26)27-18(3,4)5/h11-13H,6-10H2,1-5H3,(H,19,24)(H,20,25)(H,22,23)/p-1/t12-,13-/m0/s1. The zero-order valence-corrected chi connectivity index (χ0v) is 16.7. The lowest BCUT2D eigenvalue weighted by atomic mass is 10.0. The number of hydrogen-bond donors (Lipinski definition) is 2. The Labute approximate surface area is 159 Å². The van der Waals surface area contributed by atoms with Crippen molar-refractivity contribution >= 4 is 23.9 Å². The van der Waals surface area contributed by atoms with E-state index in [-0.39, 0.29) is 5.92 Å². The predicted molar refractivity (Wildman–Crippen MR) is 95.4 cm³/mol. The first-order valence-electron chi connectivity index (χ1n) is 9.18. The maximum atomic E-state index is 12.7. The quantitative estimate of drug-likeness (QED) is 0.625. The fourth-order valence-electron chi connectivity index (χ4n) is 2.83. The molecule has 0 radical (unpaired) electrons. The van der Waals surface area contributed by atoms with E-state index in [1.165, 1.54) is 4.90 Å². The third-order valence-electron chi connectivity index (χ3n) is 3.93. The van der Waals surface area contributed by atoms with Crippen LogP contribution in [0.2, 0.25) is 0 Å². The monoisotopic (exact) mass is 384 g/mol. The number of carbonyl (C=O) groups excluding carboxylic acids is 4. The second-order valence-electron chi connectivity index (χ2n) is 8.11. The number of likely N-dealkylation sites (tertiary alicyclic amines) is 1. The van der Waals surface area contributed by atoms with Gasteiger partial charge < -0.3 is 25.3 Å². The smallest absolute Gasteiger partial charge is 0.410 e. The molecule has 1 aliphatic rings. The molecule has 1 aliphatic heterocycles. The van der Waals surface area contributed by atoms with Crippen LogP contribution in [0.4, 0.5) is 4.79 Å². The van der Waals surface area contributed by atoms with Crippen LogP contribution in [0.5, 0.6) is 0 Å². The first kappa shape index (κ1) is 22.7. The van der Waals surface area contributed by atoms with Crippen molar-refractivity contribution in [2.24, 2.45) is 5.92 Å². The van der Waals surface area contributed by atoms with Gasteiger partial charge in [-0.25, -0.2) is 4.79 Å². The van der Waals surface area contributed by atoms with E-state index >= 15 is 0 Å². The van der Waals surface area contributed by atoms with Crippen LogP contribution in [-0.2, 0) is 19.1 Å². The highest BCUT2D eigenvalue weighted by Gasteiger charge is 2.38. The van der Waals surface area contributed by atoms with E-state index in [9.17, 15) is 24.3 Å². The van der Waals surface area contributed by atoms with Crippen LogP contribution in [-0.4, -0.2) is 59.6 Å². The van der Waals surface area contributed by atoms with Crippen LogP contribution in [0.15, 0.2) is 0 Å². The maximum absolute atomic E-state index is 12.7. The minimum atomic E-state index is -1.41. The van der Waals surface area contributed by atoms with Crippen molar-refractivity contribution in [1.29, 1.82) is 0 Å². The zero-order chi connectivity index (χ0) is 20.8. The zero-order valence-electron chi connectivity index (χ0n) is 16.7. The van der Waals surface area contributed by atoms with Gasteiger partial charge in [-0.2, -0.15) is 0 Å². The summed E-state index contributed by atoms with van der Waals surface area (Å²) >= 11 is 0. The van der Waals surface area contributed by atoms with Crippen LogP contribution in [0.1, 0.15) is 53.9 Å². The Balaban J connectivity index is 2.79. The van der Waals surface area contributed by atoms with Gasteiger partial charge in [0.2, 0.25) is 11.8 Å². The second-order valence-corrected chi connectivity index (χ2v) is 8.11. The van der Waals surface area contributed by atoms with Crippen molar-refractivity contribution in [3.8, 4) is 0 Å². The van der Waals surface area contributed by atoms with Gasteiger partial charge in [0.25, 0.3) is 0 Å². The first-order chi connectivity index (χ1) is 12.4. The fourth-order valence-corrected chi connectivity index (χ4v) is 2.83. The first-order valence-corrected chi connectivity index (χ1v) is 9.18. The molecule has 3 amide bonds. The molecule has 0 spiro atoms. The van der Waals surface area contributed by atoms with Gasteiger partial charge in [-0.05, 0) is 46.0 Å². The highest BCUT2D eigenvalue weighted by Crippen LogP contribution is 2.21. The summed E-state index contributed by atoms with van der Waals surface area (Å²) in [6.45, 7) is 8.78. The third kappa shape index (κ3) is 7.84. The van der Waals surface area contributed by atoms with Crippen LogP contribution in [0.3, 0.4) is 0 Å². The van der Waals surface area contributed by atoms with Crippen molar-refractivity contribution in [3.63, 3.8) is 0 Å². The lowest BCUT2D eigenvalue weighted by molar-refractivity contribution is -0.304. The number of carboxylic acids is 1. The highest BCUT2D eigenvalue weighted by molar-refractivity contribution is 5.92. The molecule has 1 saturated heterocycles. The van der Waals surface area contributed by atoms with Gasteiger partial charge in [-0.3, -0.25) is 14.5 Å². The van der Waals surface area contributed by atoms with Crippen molar-refractivity contribution in [2.45, 2.75) is 71.6 Å². The minimum absolute atomic E-state index is 0.0922. The average molecular weight is 384 g/mol. The Bertz CT molecular complexity index is 570. The SMILES string of the molecule is CC(C)C[C@H](NC(=O)[C@@H]1CCCN1C(=O)OC(C)(C)C)C(=O)NCC(=O)[O-].